The van der Waals surface area contributed by atoms with Crippen LogP contribution in [-0.4, -0.2) is 45.5 Å². The summed E-state index contributed by atoms with van der Waals surface area (Å²) in [6, 6.07) is 0. The maximum atomic E-state index is 8.26. The number of hydrogen-bond donors (Lipinski definition) is 0. The van der Waals surface area contributed by atoms with Crippen LogP contribution in [0.25, 0.3) is 0 Å². The van der Waals surface area contributed by atoms with Gasteiger partial charge in [0.15, 0.2) is 0 Å². The van der Waals surface area contributed by atoms with Crippen molar-refractivity contribution in [2.45, 2.75) is 0 Å². The zero-order chi connectivity index (χ0) is 2.00. The minimum absolute atomic E-state index is 0. The van der Waals surface area contributed by atoms with Crippen molar-refractivity contribution in [3.05, 3.63) is 0 Å². The van der Waals surface area contributed by atoms with Crippen molar-refractivity contribution in [3.8, 4) is 0 Å². The van der Waals surface area contributed by atoms with Gasteiger partial charge in [-0.15, -0.1) is 0 Å². The van der Waals surface area contributed by atoms with Crippen LogP contribution in [0.1, 0.15) is 2.85 Å². The van der Waals surface area contributed by atoms with E-state index in [1.807, 2.05) is 0 Å². The Hall–Kier alpha value is 2.99. The van der Waals surface area contributed by atoms with Crippen molar-refractivity contribution in [2.75, 3.05) is 0 Å². The Morgan fingerprint density at radius 2 is 1.40 bits per heavy atom. The zero-order valence-corrected chi connectivity index (χ0v) is 9.84. The number of hydrogen-bond acceptors (Lipinski definition) is 1. The Morgan fingerprint density at radius 3 is 1.40 bits per heavy atom. The summed E-state index contributed by atoms with van der Waals surface area (Å²) in [6.07, 6.45) is 0. The first-order valence-corrected chi connectivity index (χ1v) is 0.986. The van der Waals surface area contributed by atoms with Gasteiger partial charge in [-0.1, -0.05) is 0 Å². The monoisotopic (exact) mass is 319 g/mol. The molecule has 0 bridgehead atoms. The van der Waals surface area contributed by atoms with E-state index in [0.717, 1.165) is 0 Å². The van der Waals surface area contributed by atoms with Crippen LogP contribution >= 0.6 is 0 Å². The van der Waals surface area contributed by atoms with Crippen molar-refractivity contribution in [1.82, 2.24) is 0 Å². The second-order valence-electron chi connectivity index (χ2n) is 0. The molecule has 0 amide bonds. The molecular weight excluding hydrogens is 314 g/mol. The topological polar surface area (TPSA) is 17.1 Å². The summed E-state index contributed by atoms with van der Waals surface area (Å²) in [4.78, 5) is 0. The van der Waals surface area contributed by atoms with Crippen LogP contribution in [0.5, 0.6) is 0 Å². The first-order valence-electron chi connectivity index (χ1n) is 0.167. The summed E-state index contributed by atoms with van der Waals surface area (Å²) in [7, 11) is 0. The molecule has 0 aliphatic rings. The molecule has 5 heavy (non-hydrogen) atoms. The molecule has 0 aliphatic heterocycles. The molecule has 0 saturated carbocycles. The summed E-state index contributed by atoms with van der Waals surface area (Å²) < 4.78 is 8.26. The molecule has 0 rings (SSSR count). The van der Waals surface area contributed by atoms with Gasteiger partial charge in [0.05, 0.1) is 0 Å². The van der Waals surface area contributed by atoms with E-state index in [2.05, 4.69) is 0 Å². The molecule has 0 aliphatic carbocycles. The zero-order valence-electron chi connectivity index (χ0n) is 4.21. The molecule has 0 N–H and O–H groups in total. The molecule has 5 heteroatoms. The molecule has 0 saturated heterocycles. The minimum atomic E-state index is 0. The van der Waals surface area contributed by atoms with Gasteiger partial charge in [-0.05, 0) is 0 Å². The van der Waals surface area contributed by atoms with Crippen LogP contribution in [0.15, 0.2) is 0 Å². The largest absolute Gasteiger partial charge is 2.00 e. The van der Waals surface area contributed by atoms with E-state index in [-0.39, 0.29) is 82.2 Å². The third kappa shape index (κ3) is 19.5. The maximum absolute atomic E-state index is 8.26. The second kappa shape index (κ2) is 28.0. The minimum Gasteiger partial charge on any atom is 2.00 e. The van der Waals surface area contributed by atoms with Crippen LogP contribution in [0.3, 0.4) is 0 Å². The average molecular weight is 316 g/mol. The SMILES string of the molecule is [Co].[Fe].[H-].[H-].[O]=[Mo].[Sr+2]. The summed E-state index contributed by atoms with van der Waals surface area (Å²) in [5, 5.41) is 0. The van der Waals surface area contributed by atoms with Crippen molar-refractivity contribution >= 4 is 45.5 Å². The van der Waals surface area contributed by atoms with Gasteiger partial charge in [0, 0.05) is 33.8 Å². The Labute approximate surface area is 103 Å². The van der Waals surface area contributed by atoms with E-state index in [0.29, 0.717) is 19.8 Å². The molecule has 0 spiro atoms. The number of rotatable bonds is 0. The summed E-state index contributed by atoms with van der Waals surface area (Å²) in [5.74, 6) is 0. The van der Waals surface area contributed by atoms with Crippen LogP contribution in [-0.2, 0) is 57.0 Å². The van der Waals surface area contributed by atoms with Gasteiger partial charge in [-0.2, -0.15) is 0 Å². The Balaban J connectivity index is -0.000000000500. The smallest absolute Gasteiger partial charge is 2.00 e. The molecular formula is H2CoFeMoOSr. The predicted molar refractivity (Wildman–Crippen MR) is 8.66 cm³/mol. The van der Waals surface area contributed by atoms with E-state index >= 15 is 0 Å². The third-order valence-electron chi connectivity index (χ3n) is 0. The van der Waals surface area contributed by atoms with Gasteiger partial charge in [-0.25, -0.2) is 0 Å². The third-order valence-corrected chi connectivity index (χ3v) is 0. The van der Waals surface area contributed by atoms with E-state index < -0.39 is 0 Å². The van der Waals surface area contributed by atoms with Gasteiger partial charge in [0.1, 0.15) is 0 Å². The van der Waals surface area contributed by atoms with E-state index in [4.69, 9.17) is 3.40 Å². The molecule has 0 fully saturated rings. The molecule has 0 atom stereocenters. The van der Waals surface area contributed by atoms with Crippen LogP contribution < -0.4 is 0 Å². The van der Waals surface area contributed by atoms with Crippen LogP contribution in [0, 0.1) is 0 Å². The van der Waals surface area contributed by atoms with Gasteiger partial charge < -0.3 is 2.85 Å². The fourth-order valence-electron chi connectivity index (χ4n) is 0. The quantitative estimate of drug-likeness (QED) is 0.562. The van der Waals surface area contributed by atoms with Crippen LogP contribution in [0.2, 0.25) is 0 Å². The molecule has 0 aromatic heterocycles. The molecule has 1 radical (unpaired) electrons. The molecule has 0 aromatic rings. The second-order valence-corrected chi connectivity index (χ2v) is 0. The predicted octanol–water partition coefficient (Wildman–Crippen LogP) is -0.282. The molecule has 1 nitrogen and oxygen atoms in total. The summed E-state index contributed by atoms with van der Waals surface area (Å²) >= 11 is 0.700. The van der Waals surface area contributed by atoms with Crippen molar-refractivity contribution in [2.24, 2.45) is 0 Å². The Kier molecular flexibility index (Phi) is 137. The fourth-order valence-corrected chi connectivity index (χ4v) is 0. The van der Waals surface area contributed by atoms with Crippen LogP contribution in [0.4, 0.5) is 0 Å². The van der Waals surface area contributed by atoms with Gasteiger partial charge in [-0.3, -0.25) is 0 Å². The fraction of sp³-hybridized carbons (Fsp3) is 0. The van der Waals surface area contributed by atoms with Crippen molar-refractivity contribution in [1.29, 1.82) is 0 Å². The first-order chi connectivity index (χ1) is 1.00. The van der Waals surface area contributed by atoms with Crippen molar-refractivity contribution < 1.29 is 59.9 Å². The Bertz CT molecular complexity index is 17.7. The van der Waals surface area contributed by atoms with Gasteiger partial charge >= 0.3 is 68.7 Å². The average Bonchev–Trinajstić information content (AvgIpc) is 1.00. The molecule has 0 unspecified atom stereocenters. The standard InChI is InChI=1S/Co.Fe.Mo.O.Sr.2H/q;;;;+2;2*-1. The van der Waals surface area contributed by atoms with E-state index in [1.165, 1.54) is 0 Å². The van der Waals surface area contributed by atoms with Crippen molar-refractivity contribution in [3.63, 3.8) is 0 Å². The summed E-state index contributed by atoms with van der Waals surface area (Å²) in [6.45, 7) is 0. The van der Waals surface area contributed by atoms with E-state index in [1.54, 1.807) is 0 Å². The Morgan fingerprint density at radius 1 is 1.40 bits per heavy atom. The summed E-state index contributed by atoms with van der Waals surface area (Å²) in [5.41, 5.74) is 0. The van der Waals surface area contributed by atoms with Gasteiger partial charge in [0.25, 0.3) is 0 Å². The molecule has 33 valence electrons. The van der Waals surface area contributed by atoms with E-state index in [9.17, 15) is 0 Å². The normalized spacial score (nSPS) is 0.800. The van der Waals surface area contributed by atoms with Gasteiger partial charge in [0.2, 0.25) is 0 Å². The first kappa shape index (κ1) is 24.5. The maximum Gasteiger partial charge on any atom is 2.00 e. The molecule has 0 aromatic carbocycles. The molecule has 0 heterocycles.